The normalized spacial score (nSPS) is 14.9. The molecule has 1 amide bonds. The lowest BCUT2D eigenvalue weighted by atomic mass is 9.92. The molecular formula is C24H20Cl2F3N3O3S. The van der Waals surface area contributed by atoms with Gasteiger partial charge in [0.2, 0.25) is 5.91 Å². The van der Waals surface area contributed by atoms with E-state index in [9.17, 15) is 22.0 Å². The number of halogens is 5. The molecule has 12 heteroatoms. The summed E-state index contributed by atoms with van der Waals surface area (Å²) in [6.45, 7) is -0.255. The molecule has 2 aromatic carbocycles. The van der Waals surface area contributed by atoms with Crippen molar-refractivity contribution in [3.05, 3.63) is 86.9 Å². The minimum absolute atomic E-state index is 0.279. The number of benzene rings is 2. The molecular weight excluding hydrogens is 538 g/mol. The molecule has 36 heavy (non-hydrogen) atoms. The largest absolute Gasteiger partial charge is 0.349 e. The van der Waals surface area contributed by atoms with Gasteiger partial charge in [-0.1, -0.05) is 29.3 Å². The van der Waals surface area contributed by atoms with Gasteiger partial charge in [-0.2, -0.15) is 5.10 Å². The number of nitrogens with one attached hydrogen (secondary N) is 1. The minimum Gasteiger partial charge on any atom is -0.349 e. The third-order valence-corrected chi connectivity index (χ3v) is 7.95. The number of amides is 1. The van der Waals surface area contributed by atoms with Crippen LogP contribution >= 0.6 is 23.2 Å². The van der Waals surface area contributed by atoms with E-state index in [-0.39, 0.29) is 6.54 Å². The second-order valence-corrected chi connectivity index (χ2v) is 11.1. The highest BCUT2D eigenvalue weighted by molar-refractivity contribution is 7.92. The number of hydrogen-bond donors (Lipinski definition) is 1. The number of sulfone groups is 1. The predicted octanol–water partition coefficient (Wildman–Crippen LogP) is 5.12. The van der Waals surface area contributed by atoms with E-state index < -0.39 is 50.4 Å². The summed E-state index contributed by atoms with van der Waals surface area (Å²) in [5, 5.41) is 7.57. The van der Waals surface area contributed by atoms with E-state index in [2.05, 4.69) is 10.4 Å². The molecule has 3 aromatic rings. The molecule has 190 valence electrons. The number of allylic oxidation sites excluding steroid dienone is 1. The van der Waals surface area contributed by atoms with Crippen molar-refractivity contribution in [1.82, 2.24) is 15.1 Å². The summed E-state index contributed by atoms with van der Waals surface area (Å²) in [5.74, 6) is -5.21. The minimum atomic E-state index is -4.25. The fraction of sp³-hybridized carbons (Fsp3) is 0.250. The highest BCUT2D eigenvalue weighted by atomic mass is 35.5. The van der Waals surface area contributed by atoms with E-state index in [0.717, 1.165) is 17.2 Å². The Morgan fingerprint density at radius 1 is 1.08 bits per heavy atom. The molecule has 1 aromatic heterocycles. The zero-order valence-electron chi connectivity index (χ0n) is 18.7. The van der Waals surface area contributed by atoms with E-state index in [0.29, 0.717) is 52.7 Å². The third-order valence-electron chi connectivity index (χ3n) is 5.75. The Morgan fingerprint density at radius 2 is 1.86 bits per heavy atom. The molecule has 0 spiro atoms. The fourth-order valence-corrected chi connectivity index (χ4v) is 5.63. The molecule has 4 rings (SSSR count). The summed E-state index contributed by atoms with van der Waals surface area (Å²) in [6.07, 6.45) is 3.46. The van der Waals surface area contributed by atoms with Crippen molar-refractivity contribution >= 4 is 44.5 Å². The van der Waals surface area contributed by atoms with Crippen LogP contribution in [0.2, 0.25) is 10.0 Å². The van der Waals surface area contributed by atoms with Gasteiger partial charge in [0.25, 0.3) is 0 Å². The van der Waals surface area contributed by atoms with Crippen molar-refractivity contribution in [2.45, 2.75) is 30.7 Å². The molecule has 0 fully saturated rings. The Bertz CT molecular complexity index is 1470. The van der Waals surface area contributed by atoms with Crippen LogP contribution < -0.4 is 5.32 Å². The zero-order valence-corrected chi connectivity index (χ0v) is 21.0. The van der Waals surface area contributed by atoms with Crippen molar-refractivity contribution in [3.63, 3.8) is 0 Å². The van der Waals surface area contributed by atoms with Crippen molar-refractivity contribution in [1.29, 1.82) is 0 Å². The molecule has 6 nitrogen and oxygen atoms in total. The van der Waals surface area contributed by atoms with Gasteiger partial charge in [0, 0.05) is 15.6 Å². The van der Waals surface area contributed by atoms with Crippen LogP contribution in [0.5, 0.6) is 0 Å². The highest BCUT2D eigenvalue weighted by Gasteiger charge is 2.25. The van der Waals surface area contributed by atoms with Gasteiger partial charge in [-0.05, 0) is 60.7 Å². The maximum atomic E-state index is 15.2. The van der Waals surface area contributed by atoms with Gasteiger partial charge in [0.15, 0.2) is 21.5 Å². The zero-order chi connectivity index (χ0) is 26.0. The fourth-order valence-electron chi connectivity index (χ4n) is 3.99. The van der Waals surface area contributed by atoms with Gasteiger partial charge in [-0.25, -0.2) is 21.6 Å². The van der Waals surface area contributed by atoms with Gasteiger partial charge >= 0.3 is 0 Å². The number of nitrogens with zero attached hydrogens (tertiary/aromatic N) is 2. The quantitative estimate of drug-likeness (QED) is 0.408. The van der Waals surface area contributed by atoms with Gasteiger partial charge in [-0.15, -0.1) is 0 Å². The molecule has 1 aliphatic carbocycles. The summed E-state index contributed by atoms with van der Waals surface area (Å²) < 4.78 is 68.1. The second-order valence-electron chi connectivity index (χ2n) is 8.26. The highest BCUT2D eigenvalue weighted by Crippen LogP contribution is 2.34. The lowest BCUT2D eigenvalue weighted by molar-refractivity contribution is -0.118. The molecule has 1 aliphatic rings. The first-order valence-corrected chi connectivity index (χ1v) is 13.3. The predicted molar refractivity (Wildman–Crippen MR) is 130 cm³/mol. The molecule has 0 radical (unpaired) electrons. The van der Waals surface area contributed by atoms with Crippen LogP contribution in [0.3, 0.4) is 0 Å². The van der Waals surface area contributed by atoms with E-state index in [4.69, 9.17) is 23.2 Å². The Morgan fingerprint density at radius 3 is 2.58 bits per heavy atom. The van der Waals surface area contributed by atoms with Gasteiger partial charge in [0.1, 0.15) is 11.6 Å². The summed E-state index contributed by atoms with van der Waals surface area (Å²) in [5.41, 5.74) is 2.55. The Labute approximate surface area is 215 Å². The van der Waals surface area contributed by atoms with Crippen LogP contribution in [0, 0.1) is 11.6 Å². The standard InChI is InChI=1S/C24H20Cl2F3N3O3S/c25-16-5-4-15(19(26)8-16)12-32-24-14(10-31-32)2-1-3-18(24)22(29)11-30-23(33)13-36(34,35)17-6-7-20(27)21(28)9-17/h4-10H,1-3,11-13H2,(H,30,33)/b22-18-. The topological polar surface area (TPSA) is 81.1 Å². The summed E-state index contributed by atoms with van der Waals surface area (Å²) in [7, 11) is -4.25. The first-order chi connectivity index (χ1) is 17.0. The van der Waals surface area contributed by atoms with Crippen molar-refractivity contribution in [2.24, 2.45) is 0 Å². The number of fused-ring (bicyclic) bond motifs is 1. The van der Waals surface area contributed by atoms with Crippen LogP contribution in [-0.2, 0) is 27.6 Å². The number of rotatable bonds is 7. The second kappa shape index (κ2) is 10.7. The van der Waals surface area contributed by atoms with Gasteiger partial charge in [0.05, 0.1) is 29.9 Å². The Hall–Kier alpha value is -2.82. The third kappa shape index (κ3) is 5.77. The van der Waals surface area contributed by atoms with Crippen LogP contribution in [0.15, 0.2) is 53.3 Å². The van der Waals surface area contributed by atoms with Crippen LogP contribution in [0.1, 0.15) is 29.7 Å². The van der Waals surface area contributed by atoms with E-state index in [1.165, 1.54) is 0 Å². The van der Waals surface area contributed by atoms with Gasteiger partial charge < -0.3 is 5.32 Å². The lowest BCUT2D eigenvalue weighted by Crippen LogP contribution is -2.31. The molecule has 1 heterocycles. The number of hydrogen-bond acceptors (Lipinski definition) is 4. The number of carbonyl (C=O) groups excluding carboxylic acids is 1. The average molecular weight is 558 g/mol. The molecule has 0 aliphatic heterocycles. The van der Waals surface area contributed by atoms with Crippen LogP contribution in [0.25, 0.3) is 5.57 Å². The monoisotopic (exact) mass is 557 g/mol. The molecule has 1 N–H and O–H groups in total. The Kier molecular flexibility index (Phi) is 7.77. The Balaban J connectivity index is 1.49. The maximum Gasteiger partial charge on any atom is 0.235 e. The number of carbonyl (C=O) groups is 1. The maximum absolute atomic E-state index is 15.2. The van der Waals surface area contributed by atoms with Crippen LogP contribution in [0.4, 0.5) is 13.2 Å². The van der Waals surface area contributed by atoms with Crippen molar-refractivity contribution in [3.8, 4) is 0 Å². The first kappa shape index (κ1) is 26.2. The average Bonchev–Trinajstić information content (AvgIpc) is 3.23. The van der Waals surface area contributed by atoms with E-state index in [1.54, 1.807) is 29.1 Å². The SMILES string of the molecule is O=C(CS(=O)(=O)c1ccc(F)c(F)c1)NC/C(F)=C1\CCCc2cnn(Cc3ccc(Cl)cc3Cl)c21. The summed E-state index contributed by atoms with van der Waals surface area (Å²) in [4.78, 5) is 11.7. The summed E-state index contributed by atoms with van der Waals surface area (Å²) >= 11 is 12.2. The van der Waals surface area contributed by atoms with Gasteiger partial charge in [-0.3, -0.25) is 9.48 Å². The summed E-state index contributed by atoms with van der Waals surface area (Å²) in [6, 6.07) is 7.08. The number of aryl methyl sites for hydroxylation is 1. The van der Waals surface area contributed by atoms with E-state index in [1.807, 2.05) is 0 Å². The van der Waals surface area contributed by atoms with E-state index >= 15 is 4.39 Å². The number of aromatic nitrogens is 2. The lowest BCUT2D eigenvalue weighted by Gasteiger charge is -2.19. The molecule has 0 atom stereocenters. The smallest absolute Gasteiger partial charge is 0.235 e. The first-order valence-electron chi connectivity index (χ1n) is 10.9. The van der Waals surface area contributed by atoms with Crippen molar-refractivity contribution in [2.75, 3.05) is 12.3 Å². The molecule has 0 bridgehead atoms. The van der Waals surface area contributed by atoms with Crippen molar-refractivity contribution < 1.29 is 26.4 Å². The van der Waals surface area contributed by atoms with Crippen LogP contribution in [-0.4, -0.2) is 36.4 Å². The molecule has 0 saturated carbocycles. The molecule has 0 saturated heterocycles. The molecule has 0 unspecified atom stereocenters.